The smallest absolute Gasteiger partial charge is 0.210 e. The van der Waals surface area contributed by atoms with Gasteiger partial charge < -0.3 is 5.32 Å². The average molecular weight is 243 g/mol. The van der Waals surface area contributed by atoms with Crippen LogP contribution in [0.3, 0.4) is 0 Å². The van der Waals surface area contributed by atoms with Crippen molar-refractivity contribution in [2.75, 3.05) is 17.6 Å². The number of nitrogens with one attached hydrogen (secondary N) is 1. The second kappa shape index (κ2) is 4.92. The standard InChI is InChI=1S/C9H10FN3O2S/c10-9-5-8(2-1-7(9)6-11)13-3-4-16(12,14)15/h1-2,5,13H,3-4H2,(H2,12,14,15). The molecule has 0 amide bonds. The van der Waals surface area contributed by atoms with Gasteiger partial charge in [0.2, 0.25) is 10.0 Å². The molecule has 0 saturated carbocycles. The maximum Gasteiger partial charge on any atom is 0.210 e. The number of nitriles is 1. The Morgan fingerprint density at radius 3 is 2.69 bits per heavy atom. The highest BCUT2D eigenvalue weighted by atomic mass is 32.2. The van der Waals surface area contributed by atoms with E-state index < -0.39 is 15.8 Å². The predicted octanol–water partition coefficient (Wildman–Crippen LogP) is 0.398. The number of benzene rings is 1. The lowest BCUT2D eigenvalue weighted by atomic mass is 10.2. The molecule has 86 valence electrons. The lowest BCUT2D eigenvalue weighted by molar-refractivity contribution is 0.598. The molecule has 16 heavy (non-hydrogen) atoms. The van der Waals surface area contributed by atoms with E-state index in [4.69, 9.17) is 10.4 Å². The van der Waals surface area contributed by atoms with Crippen molar-refractivity contribution in [2.24, 2.45) is 5.14 Å². The van der Waals surface area contributed by atoms with Crippen LogP contribution in [-0.4, -0.2) is 20.7 Å². The number of rotatable bonds is 4. The minimum absolute atomic E-state index is 0.0583. The van der Waals surface area contributed by atoms with Crippen LogP contribution in [0.5, 0.6) is 0 Å². The Balaban J connectivity index is 2.63. The van der Waals surface area contributed by atoms with E-state index in [1.807, 2.05) is 0 Å². The van der Waals surface area contributed by atoms with Gasteiger partial charge in [-0.3, -0.25) is 0 Å². The molecule has 3 N–H and O–H groups in total. The lowest BCUT2D eigenvalue weighted by Crippen LogP contribution is -2.22. The fraction of sp³-hybridized carbons (Fsp3) is 0.222. The number of anilines is 1. The average Bonchev–Trinajstić information content (AvgIpc) is 2.16. The van der Waals surface area contributed by atoms with Gasteiger partial charge in [-0.1, -0.05) is 0 Å². The highest BCUT2D eigenvalue weighted by Gasteiger charge is 2.04. The summed E-state index contributed by atoms with van der Waals surface area (Å²) in [5, 5.41) is 16.0. The molecule has 0 aliphatic carbocycles. The Morgan fingerprint density at radius 2 is 2.19 bits per heavy atom. The second-order valence-electron chi connectivity index (χ2n) is 3.10. The third-order valence-corrected chi connectivity index (χ3v) is 2.58. The zero-order valence-corrected chi connectivity index (χ0v) is 9.09. The van der Waals surface area contributed by atoms with Crippen LogP contribution in [0.2, 0.25) is 0 Å². The van der Waals surface area contributed by atoms with Crippen molar-refractivity contribution < 1.29 is 12.8 Å². The Labute approximate surface area is 92.7 Å². The molecule has 1 aromatic rings. The first kappa shape index (κ1) is 12.4. The molecular formula is C9H10FN3O2S. The minimum atomic E-state index is -3.53. The molecule has 1 rings (SSSR count). The van der Waals surface area contributed by atoms with E-state index in [2.05, 4.69) is 5.32 Å². The summed E-state index contributed by atoms with van der Waals surface area (Å²) in [6.07, 6.45) is 0. The molecule has 0 unspecified atom stereocenters. The summed E-state index contributed by atoms with van der Waals surface area (Å²) in [5.41, 5.74) is 0.345. The van der Waals surface area contributed by atoms with Gasteiger partial charge in [-0.05, 0) is 18.2 Å². The SMILES string of the molecule is N#Cc1ccc(NCCS(N)(=O)=O)cc1F. The lowest BCUT2D eigenvalue weighted by Gasteiger charge is -2.05. The number of primary sulfonamides is 1. The predicted molar refractivity (Wildman–Crippen MR) is 57.6 cm³/mol. The van der Waals surface area contributed by atoms with Crippen molar-refractivity contribution in [3.05, 3.63) is 29.6 Å². The zero-order valence-electron chi connectivity index (χ0n) is 8.27. The number of nitrogens with zero attached hydrogens (tertiary/aromatic N) is 1. The third kappa shape index (κ3) is 3.84. The van der Waals surface area contributed by atoms with E-state index in [1.165, 1.54) is 12.1 Å². The first-order chi connectivity index (χ1) is 7.42. The van der Waals surface area contributed by atoms with Crippen LogP contribution in [0.25, 0.3) is 0 Å². The molecule has 7 heteroatoms. The number of hydrogen-bond acceptors (Lipinski definition) is 4. The summed E-state index contributed by atoms with van der Waals surface area (Å²) < 4.78 is 34.3. The molecule has 0 saturated heterocycles. The first-order valence-corrected chi connectivity index (χ1v) is 6.08. The van der Waals surface area contributed by atoms with E-state index in [-0.39, 0.29) is 17.9 Å². The highest BCUT2D eigenvalue weighted by Crippen LogP contribution is 2.13. The number of nitrogens with two attached hydrogens (primary N) is 1. The van der Waals surface area contributed by atoms with E-state index in [0.717, 1.165) is 6.07 Å². The third-order valence-electron chi connectivity index (χ3n) is 1.81. The van der Waals surface area contributed by atoms with Crippen LogP contribution in [0.4, 0.5) is 10.1 Å². The van der Waals surface area contributed by atoms with Gasteiger partial charge in [0.1, 0.15) is 11.9 Å². The molecule has 0 aliphatic rings. The first-order valence-electron chi connectivity index (χ1n) is 4.36. The van der Waals surface area contributed by atoms with Gasteiger partial charge in [0.05, 0.1) is 11.3 Å². The summed E-state index contributed by atoms with van der Waals surface area (Å²) in [6.45, 7) is 0.0875. The topological polar surface area (TPSA) is 96.0 Å². The summed E-state index contributed by atoms with van der Waals surface area (Å²) in [5.74, 6) is -0.891. The van der Waals surface area contributed by atoms with Crippen LogP contribution >= 0.6 is 0 Å². The van der Waals surface area contributed by atoms with E-state index in [1.54, 1.807) is 6.07 Å². The molecule has 0 aromatic heterocycles. The Hall–Kier alpha value is -1.65. The maximum atomic E-state index is 13.1. The summed E-state index contributed by atoms with van der Waals surface area (Å²) >= 11 is 0. The van der Waals surface area contributed by atoms with Gasteiger partial charge in [0, 0.05) is 12.2 Å². The van der Waals surface area contributed by atoms with Gasteiger partial charge in [0.15, 0.2) is 0 Å². The Morgan fingerprint density at radius 1 is 1.50 bits per heavy atom. The molecule has 1 aromatic carbocycles. The van der Waals surface area contributed by atoms with Crippen LogP contribution in [0.15, 0.2) is 18.2 Å². The Kier molecular flexibility index (Phi) is 3.82. The largest absolute Gasteiger partial charge is 0.384 e. The second-order valence-corrected chi connectivity index (χ2v) is 4.83. The van der Waals surface area contributed by atoms with Crippen molar-refractivity contribution in [2.45, 2.75) is 0 Å². The van der Waals surface area contributed by atoms with E-state index in [0.29, 0.717) is 5.69 Å². The monoisotopic (exact) mass is 243 g/mol. The molecule has 0 heterocycles. The fourth-order valence-corrected chi connectivity index (χ4v) is 1.44. The fourth-order valence-electron chi connectivity index (χ4n) is 1.05. The molecule has 0 spiro atoms. The zero-order chi connectivity index (χ0) is 12.2. The van der Waals surface area contributed by atoms with E-state index in [9.17, 15) is 12.8 Å². The summed E-state index contributed by atoms with van der Waals surface area (Å²) in [4.78, 5) is 0. The van der Waals surface area contributed by atoms with Crippen molar-refractivity contribution in [3.63, 3.8) is 0 Å². The van der Waals surface area contributed by atoms with Gasteiger partial charge in [-0.15, -0.1) is 0 Å². The van der Waals surface area contributed by atoms with E-state index >= 15 is 0 Å². The molecular weight excluding hydrogens is 233 g/mol. The van der Waals surface area contributed by atoms with Crippen molar-refractivity contribution >= 4 is 15.7 Å². The summed E-state index contributed by atoms with van der Waals surface area (Å²) in [6, 6.07) is 5.62. The normalized spacial score (nSPS) is 10.8. The van der Waals surface area contributed by atoms with Crippen LogP contribution < -0.4 is 10.5 Å². The van der Waals surface area contributed by atoms with Gasteiger partial charge in [0.25, 0.3) is 0 Å². The number of hydrogen-bond donors (Lipinski definition) is 2. The molecule has 0 atom stereocenters. The van der Waals surface area contributed by atoms with Gasteiger partial charge in [-0.2, -0.15) is 5.26 Å². The Bertz CT molecular complexity index is 522. The van der Waals surface area contributed by atoms with Crippen LogP contribution in [0.1, 0.15) is 5.56 Å². The van der Waals surface area contributed by atoms with Gasteiger partial charge >= 0.3 is 0 Å². The molecule has 5 nitrogen and oxygen atoms in total. The van der Waals surface area contributed by atoms with Crippen molar-refractivity contribution in [1.29, 1.82) is 5.26 Å². The minimum Gasteiger partial charge on any atom is -0.384 e. The number of halogens is 1. The molecule has 0 fully saturated rings. The molecule has 0 bridgehead atoms. The summed E-state index contributed by atoms with van der Waals surface area (Å²) in [7, 11) is -3.53. The van der Waals surface area contributed by atoms with Gasteiger partial charge in [-0.25, -0.2) is 17.9 Å². The molecule has 0 aliphatic heterocycles. The highest BCUT2D eigenvalue weighted by molar-refractivity contribution is 7.89. The number of sulfonamides is 1. The van der Waals surface area contributed by atoms with Crippen molar-refractivity contribution in [3.8, 4) is 6.07 Å². The maximum absolute atomic E-state index is 13.1. The van der Waals surface area contributed by atoms with Crippen molar-refractivity contribution in [1.82, 2.24) is 0 Å². The quantitative estimate of drug-likeness (QED) is 0.799. The van der Waals surface area contributed by atoms with Crippen LogP contribution in [-0.2, 0) is 10.0 Å². The van der Waals surface area contributed by atoms with Crippen LogP contribution in [0, 0.1) is 17.1 Å². The molecule has 0 radical (unpaired) electrons.